The van der Waals surface area contributed by atoms with E-state index in [-0.39, 0.29) is 39.1 Å². The number of rotatable bonds is 10. The molecule has 0 saturated heterocycles. The maximum Gasteiger partial charge on any atom is 0.264 e. The lowest BCUT2D eigenvalue weighted by Gasteiger charge is -2.32. The van der Waals surface area contributed by atoms with Gasteiger partial charge in [0.1, 0.15) is 12.6 Å². The summed E-state index contributed by atoms with van der Waals surface area (Å²) in [6.45, 7) is 6.78. The number of nitrogens with one attached hydrogen (secondary N) is 1. The molecule has 0 radical (unpaired) electrons. The van der Waals surface area contributed by atoms with Crippen LogP contribution in [0.4, 0.5) is 5.69 Å². The van der Waals surface area contributed by atoms with E-state index < -0.39 is 28.5 Å². The zero-order chi connectivity index (χ0) is 28.0. The summed E-state index contributed by atoms with van der Waals surface area (Å²) < 4.78 is 28.5. The van der Waals surface area contributed by atoms with Crippen LogP contribution in [0, 0.1) is 6.92 Å². The highest BCUT2D eigenvalue weighted by atomic mass is 35.5. The van der Waals surface area contributed by atoms with Gasteiger partial charge in [0, 0.05) is 12.6 Å². The van der Waals surface area contributed by atoms with E-state index in [0.717, 1.165) is 15.4 Å². The Bertz CT molecular complexity index is 1400. The van der Waals surface area contributed by atoms with Crippen molar-refractivity contribution < 1.29 is 18.0 Å². The third kappa shape index (κ3) is 7.28. The fraction of sp³-hybridized carbons (Fsp3) is 0.286. The van der Waals surface area contributed by atoms with Crippen molar-refractivity contribution in [1.82, 2.24) is 10.2 Å². The number of nitrogens with zero attached hydrogens (tertiary/aromatic N) is 2. The van der Waals surface area contributed by atoms with Gasteiger partial charge in [0.2, 0.25) is 11.8 Å². The van der Waals surface area contributed by atoms with Gasteiger partial charge in [-0.3, -0.25) is 13.9 Å². The van der Waals surface area contributed by atoms with Crippen LogP contribution < -0.4 is 9.62 Å². The average molecular weight is 577 g/mol. The normalized spacial score (nSPS) is 12.2. The molecular formula is C28H31Cl2N3O4S. The van der Waals surface area contributed by atoms with Crippen LogP contribution in [-0.4, -0.2) is 43.8 Å². The smallest absolute Gasteiger partial charge is 0.264 e. The summed E-state index contributed by atoms with van der Waals surface area (Å²) in [6.07, 6.45) is 0. The van der Waals surface area contributed by atoms with Crippen LogP contribution in [0.2, 0.25) is 10.0 Å². The van der Waals surface area contributed by atoms with Crippen LogP contribution in [0.3, 0.4) is 0 Å². The largest absolute Gasteiger partial charge is 0.352 e. The molecule has 1 N–H and O–H groups in total. The van der Waals surface area contributed by atoms with Gasteiger partial charge < -0.3 is 10.2 Å². The number of halogens is 2. The molecule has 0 bridgehead atoms. The van der Waals surface area contributed by atoms with Gasteiger partial charge in [0.05, 0.1) is 20.6 Å². The fourth-order valence-electron chi connectivity index (χ4n) is 3.88. The molecule has 3 aromatic carbocycles. The van der Waals surface area contributed by atoms with Crippen LogP contribution in [0.15, 0.2) is 77.7 Å². The lowest BCUT2D eigenvalue weighted by molar-refractivity contribution is -0.139. The van der Waals surface area contributed by atoms with Crippen molar-refractivity contribution >= 4 is 50.7 Å². The number of anilines is 1. The van der Waals surface area contributed by atoms with E-state index in [4.69, 9.17) is 23.2 Å². The fourth-order valence-corrected chi connectivity index (χ4v) is 5.60. The molecule has 0 aliphatic heterocycles. The SMILES string of the molecule is Cc1cccc(CN(C(=O)CN(c2ccc(Cl)c(Cl)c2)S(=O)(=O)c2ccccc2)[C@H](C)C(=O)NC(C)C)c1. The molecule has 3 aromatic rings. The Kier molecular flexibility index (Phi) is 9.82. The van der Waals surface area contributed by atoms with E-state index in [2.05, 4.69) is 5.32 Å². The first-order chi connectivity index (χ1) is 17.9. The molecule has 202 valence electrons. The summed E-state index contributed by atoms with van der Waals surface area (Å²) in [4.78, 5) is 28.2. The van der Waals surface area contributed by atoms with Gasteiger partial charge in [0.25, 0.3) is 10.0 Å². The molecule has 0 aliphatic carbocycles. The summed E-state index contributed by atoms with van der Waals surface area (Å²) >= 11 is 12.3. The van der Waals surface area contributed by atoms with E-state index >= 15 is 0 Å². The van der Waals surface area contributed by atoms with E-state index in [1.165, 1.54) is 35.2 Å². The molecule has 0 aromatic heterocycles. The Morgan fingerprint density at radius 1 is 0.895 bits per heavy atom. The highest BCUT2D eigenvalue weighted by Crippen LogP contribution is 2.31. The highest BCUT2D eigenvalue weighted by Gasteiger charge is 2.32. The Balaban J connectivity index is 2.05. The minimum absolute atomic E-state index is 0.00899. The molecule has 2 amide bonds. The second-order valence-electron chi connectivity index (χ2n) is 9.27. The molecule has 0 fully saturated rings. The number of benzene rings is 3. The summed E-state index contributed by atoms with van der Waals surface area (Å²) in [5, 5.41) is 3.23. The van der Waals surface area contributed by atoms with E-state index in [9.17, 15) is 18.0 Å². The number of hydrogen-bond donors (Lipinski definition) is 1. The van der Waals surface area contributed by atoms with E-state index in [0.29, 0.717) is 0 Å². The lowest BCUT2D eigenvalue weighted by atomic mass is 10.1. The third-order valence-corrected chi connectivity index (χ3v) is 8.36. The summed E-state index contributed by atoms with van der Waals surface area (Å²) in [6, 6.07) is 18.8. The zero-order valence-electron chi connectivity index (χ0n) is 21.7. The molecule has 0 heterocycles. The van der Waals surface area contributed by atoms with Crippen molar-refractivity contribution in [2.24, 2.45) is 0 Å². The predicted molar refractivity (Wildman–Crippen MR) is 152 cm³/mol. The second kappa shape index (κ2) is 12.7. The zero-order valence-corrected chi connectivity index (χ0v) is 24.0. The number of carbonyl (C=O) groups excluding carboxylic acids is 2. The lowest BCUT2D eigenvalue weighted by Crippen LogP contribution is -2.52. The monoisotopic (exact) mass is 575 g/mol. The first-order valence-corrected chi connectivity index (χ1v) is 14.3. The minimum Gasteiger partial charge on any atom is -0.352 e. The van der Waals surface area contributed by atoms with Crippen molar-refractivity contribution in [3.63, 3.8) is 0 Å². The van der Waals surface area contributed by atoms with Gasteiger partial charge >= 0.3 is 0 Å². The van der Waals surface area contributed by atoms with Crippen molar-refractivity contribution in [1.29, 1.82) is 0 Å². The van der Waals surface area contributed by atoms with Crippen LogP contribution in [0.25, 0.3) is 0 Å². The quantitative estimate of drug-likeness (QED) is 0.348. The van der Waals surface area contributed by atoms with E-state index in [1.807, 2.05) is 45.0 Å². The van der Waals surface area contributed by atoms with Gasteiger partial charge in [-0.15, -0.1) is 0 Å². The number of hydrogen-bond acceptors (Lipinski definition) is 4. The standard InChI is InChI=1S/C28H31Cl2N3O4S/c1-19(2)31-28(35)21(4)32(17-22-10-8-9-20(3)15-22)27(34)18-33(23-13-14-25(29)26(30)16-23)38(36,37)24-11-6-5-7-12-24/h5-16,19,21H,17-18H2,1-4H3,(H,31,35)/t21-/m1/s1. The van der Waals surface area contributed by atoms with Crippen molar-refractivity contribution in [2.75, 3.05) is 10.8 Å². The Hall–Kier alpha value is -3.07. The highest BCUT2D eigenvalue weighted by molar-refractivity contribution is 7.92. The van der Waals surface area contributed by atoms with Crippen LogP contribution in [0.5, 0.6) is 0 Å². The molecular weight excluding hydrogens is 545 g/mol. The Labute approximate surface area is 234 Å². The molecule has 0 saturated carbocycles. The van der Waals surface area contributed by atoms with Crippen LogP contribution in [-0.2, 0) is 26.2 Å². The first kappa shape index (κ1) is 29.5. The number of aryl methyl sites for hydroxylation is 1. The van der Waals surface area contributed by atoms with E-state index in [1.54, 1.807) is 25.1 Å². The van der Waals surface area contributed by atoms with Crippen molar-refractivity contribution in [3.05, 3.63) is 94.0 Å². The number of sulfonamides is 1. The molecule has 10 heteroatoms. The predicted octanol–water partition coefficient (Wildman–Crippen LogP) is 5.44. The van der Waals surface area contributed by atoms with Gasteiger partial charge in [-0.1, -0.05) is 71.2 Å². The Morgan fingerprint density at radius 3 is 2.18 bits per heavy atom. The maximum absolute atomic E-state index is 13.9. The summed E-state index contributed by atoms with van der Waals surface area (Å²) in [5.74, 6) is -0.892. The molecule has 0 aliphatic rings. The average Bonchev–Trinajstić information content (AvgIpc) is 2.87. The first-order valence-electron chi connectivity index (χ1n) is 12.1. The van der Waals surface area contributed by atoms with Gasteiger partial charge in [-0.05, 0) is 63.6 Å². The molecule has 0 unspecified atom stereocenters. The van der Waals surface area contributed by atoms with Crippen LogP contribution >= 0.6 is 23.2 Å². The summed E-state index contributed by atoms with van der Waals surface area (Å²) in [7, 11) is -4.17. The minimum atomic E-state index is -4.17. The molecule has 1 atom stereocenters. The molecule has 0 spiro atoms. The molecule has 38 heavy (non-hydrogen) atoms. The van der Waals surface area contributed by atoms with Gasteiger partial charge in [0.15, 0.2) is 0 Å². The third-order valence-electron chi connectivity index (χ3n) is 5.83. The number of carbonyl (C=O) groups is 2. The van der Waals surface area contributed by atoms with Crippen molar-refractivity contribution in [2.45, 2.75) is 51.2 Å². The number of amides is 2. The molecule has 7 nitrogen and oxygen atoms in total. The maximum atomic E-state index is 13.9. The second-order valence-corrected chi connectivity index (χ2v) is 11.9. The van der Waals surface area contributed by atoms with Gasteiger partial charge in [-0.25, -0.2) is 8.42 Å². The van der Waals surface area contributed by atoms with Crippen molar-refractivity contribution in [3.8, 4) is 0 Å². The summed E-state index contributed by atoms with van der Waals surface area (Å²) in [5.41, 5.74) is 1.99. The van der Waals surface area contributed by atoms with Gasteiger partial charge in [-0.2, -0.15) is 0 Å². The van der Waals surface area contributed by atoms with Crippen LogP contribution in [0.1, 0.15) is 31.9 Å². The Morgan fingerprint density at radius 2 is 1.58 bits per heavy atom. The topological polar surface area (TPSA) is 86.8 Å². The molecule has 3 rings (SSSR count).